The van der Waals surface area contributed by atoms with Crippen molar-refractivity contribution in [1.82, 2.24) is 5.32 Å². The molecule has 0 bridgehead atoms. The highest BCUT2D eigenvalue weighted by molar-refractivity contribution is 5.84. The van der Waals surface area contributed by atoms with E-state index in [2.05, 4.69) is 11.9 Å². The summed E-state index contributed by atoms with van der Waals surface area (Å²) in [5.74, 6) is -1.30. The largest absolute Gasteiger partial charge is 0.480 e. The van der Waals surface area contributed by atoms with E-state index in [0.29, 0.717) is 12.8 Å². The third-order valence-electron chi connectivity index (χ3n) is 2.50. The SMILES string of the molecule is C=CCC[C@H](NC(=O)Cc1ccccc1)C(=O)O. The van der Waals surface area contributed by atoms with Crippen LogP contribution in [-0.4, -0.2) is 23.0 Å². The molecule has 1 rings (SSSR count). The van der Waals surface area contributed by atoms with Crippen molar-refractivity contribution in [1.29, 1.82) is 0 Å². The Morgan fingerprint density at radius 2 is 2.00 bits per heavy atom. The maximum absolute atomic E-state index is 11.7. The van der Waals surface area contributed by atoms with Crippen LogP contribution in [0.3, 0.4) is 0 Å². The number of allylic oxidation sites excluding steroid dienone is 1. The molecule has 96 valence electrons. The van der Waals surface area contributed by atoms with Gasteiger partial charge in [0.1, 0.15) is 6.04 Å². The Hall–Kier alpha value is -2.10. The Morgan fingerprint density at radius 3 is 2.56 bits per heavy atom. The van der Waals surface area contributed by atoms with Crippen molar-refractivity contribution >= 4 is 11.9 Å². The van der Waals surface area contributed by atoms with Gasteiger partial charge in [0.15, 0.2) is 0 Å². The molecule has 0 saturated heterocycles. The molecule has 4 heteroatoms. The van der Waals surface area contributed by atoms with Crippen molar-refractivity contribution in [2.75, 3.05) is 0 Å². The predicted molar refractivity (Wildman–Crippen MR) is 69.1 cm³/mol. The number of hydrogen-bond donors (Lipinski definition) is 2. The average Bonchev–Trinajstić information content (AvgIpc) is 2.35. The smallest absolute Gasteiger partial charge is 0.326 e. The topological polar surface area (TPSA) is 66.4 Å². The Balaban J connectivity index is 2.51. The average molecular weight is 247 g/mol. The first-order valence-electron chi connectivity index (χ1n) is 5.80. The van der Waals surface area contributed by atoms with E-state index in [-0.39, 0.29) is 12.3 Å². The molecule has 18 heavy (non-hydrogen) atoms. The molecule has 0 aliphatic heterocycles. The summed E-state index contributed by atoms with van der Waals surface area (Å²) in [7, 11) is 0. The molecule has 1 amide bonds. The van der Waals surface area contributed by atoms with Gasteiger partial charge in [-0.3, -0.25) is 4.79 Å². The third kappa shape index (κ3) is 4.82. The molecule has 0 aliphatic rings. The van der Waals surface area contributed by atoms with Crippen molar-refractivity contribution in [2.24, 2.45) is 0 Å². The van der Waals surface area contributed by atoms with Crippen LogP contribution in [0.1, 0.15) is 18.4 Å². The first-order chi connectivity index (χ1) is 8.63. The number of nitrogens with one attached hydrogen (secondary N) is 1. The molecule has 1 aromatic rings. The van der Waals surface area contributed by atoms with Crippen molar-refractivity contribution in [2.45, 2.75) is 25.3 Å². The van der Waals surface area contributed by atoms with Gasteiger partial charge >= 0.3 is 5.97 Å². The monoisotopic (exact) mass is 247 g/mol. The molecular weight excluding hydrogens is 230 g/mol. The molecule has 4 nitrogen and oxygen atoms in total. The quantitative estimate of drug-likeness (QED) is 0.721. The number of carboxylic acids is 1. The van der Waals surface area contributed by atoms with Crippen molar-refractivity contribution in [3.8, 4) is 0 Å². The number of carboxylic acid groups (broad SMARTS) is 1. The van der Waals surface area contributed by atoms with Crippen LogP contribution in [0.25, 0.3) is 0 Å². The van der Waals surface area contributed by atoms with Crippen LogP contribution < -0.4 is 5.32 Å². The zero-order valence-corrected chi connectivity index (χ0v) is 10.1. The predicted octanol–water partition coefficient (Wildman–Crippen LogP) is 1.76. The van der Waals surface area contributed by atoms with Crippen LogP contribution in [0.4, 0.5) is 0 Å². The molecule has 0 radical (unpaired) electrons. The van der Waals surface area contributed by atoms with Crippen LogP contribution in [0.15, 0.2) is 43.0 Å². The lowest BCUT2D eigenvalue weighted by Gasteiger charge is -2.13. The minimum absolute atomic E-state index is 0.193. The van der Waals surface area contributed by atoms with Gasteiger partial charge in [-0.2, -0.15) is 0 Å². The van der Waals surface area contributed by atoms with Crippen LogP contribution in [0.2, 0.25) is 0 Å². The molecule has 1 atom stereocenters. The van der Waals surface area contributed by atoms with Crippen molar-refractivity contribution < 1.29 is 14.7 Å². The number of amides is 1. The second-order valence-electron chi connectivity index (χ2n) is 3.99. The van der Waals surface area contributed by atoms with E-state index in [1.807, 2.05) is 30.3 Å². The first-order valence-corrected chi connectivity index (χ1v) is 5.80. The second-order valence-corrected chi connectivity index (χ2v) is 3.99. The molecule has 0 heterocycles. The summed E-state index contributed by atoms with van der Waals surface area (Å²) in [6.07, 6.45) is 2.75. The fourth-order valence-corrected chi connectivity index (χ4v) is 1.57. The summed E-state index contributed by atoms with van der Waals surface area (Å²) >= 11 is 0. The highest BCUT2D eigenvalue weighted by atomic mass is 16.4. The zero-order chi connectivity index (χ0) is 13.4. The lowest BCUT2D eigenvalue weighted by atomic mass is 10.1. The Bertz CT molecular complexity index is 414. The van der Waals surface area contributed by atoms with E-state index in [4.69, 9.17) is 5.11 Å². The van der Waals surface area contributed by atoms with Crippen LogP contribution in [0, 0.1) is 0 Å². The summed E-state index contributed by atoms with van der Waals surface area (Å²) < 4.78 is 0. The number of carbonyl (C=O) groups is 2. The molecule has 0 saturated carbocycles. The van der Waals surface area contributed by atoms with Gasteiger partial charge in [-0.05, 0) is 18.4 Å². The molecular formula is C14H17NO3. The highest BCUT2D eigenvalue weighted by Crippen LogP contribution is 2.02. The molecule has 0 aromatic heterocycles. The van der Waals surface area contributed by atoms with Gasteiger partial charge in [0.25, 0.3) is 0 Å². The minimum Gasteiger partial charge on any atom is -0.480 e. The number of rotatable bonds is 7. The van der Waals surface area contributed by atoms with Gasteiger partial charge in [-0.25, -0.2) is 4.79 Å². The maximum atomic E-state index is 11.7. The van der Waals surface area contributed by atoms with E-state index >= 15 is 0 Å². The lowest BCUT2D eigenvalue weighted by Crippen LogP contribution is -2.41. The number of aliphatic carboxylic acids is 1. The molecule has 2 N–H and O–H groups in total. The lowest BCUT2D eigenvalue weighted by molar-refractivity contribution is -0.141. The fourth-order valence-electron chi connectivity index (χ4n) is 1.57. The van der Waals surface area contributed by atoms with E-state index in [1.54, 1.807) is 6.08 Å². The Labute approximate surface area is 106 Å². The van der Waals surface area contributed by atoms with E-state index < -0.39 is 12.0 Å². The second kappa shape index (κ2) is 7.27. The summed E-state index contributed by atoms with van der Waals surface area (Å²) in [6.45, 7) is 3.53. The van der Waals surface area contributed by atoms with Crippen LogP contribution in [0.5, 0.6) is 0 Å². The van der Waals surface area contributed by atoms with Gasteiger partial charge in [-0.1, -0.05) is 36.4 Å². The third-order valence-corrected chi connectivity index (χ3v) is 2.50. The van der Waals surface area contributed by atoms with Crippen molar-refractivity contribution in [3.05, 3.63) is 48.6 Å². The Kier molecular flexibility index (Phi) is 5.64. The van der Waals surface area contributed by atoms with Crippen LogP contribution in [-0.2, 0) is 16.0 Å². The summed E-state index contributed by atoms with van der Waals surface area (Å²) in [5.41, 5.74) is 0.864. The van der Waals surface area contributed by atoms with Gasteiger partial charge in [0.05, 0.1) is 6.42 Å². The first kappa shape index (κ1) is 14.0. The molecule has 0 aliphatic carbocycles. The van der Waals surface area contributed by atoms with Crippen molar-refractivity contribution in [3.63, 3.8) is 0 Å². The Morgan fingerprint density at radius 1 is 1.33 bits per heavy atom. The van der Waals surface area contributed by atoms with E-state index in [9.17, 15) is 9.59 Å². The number of carbonyl (C=O) groups excluding carboxylic acids is 1. The van der Waals surface area contributed by atoms with E-state index in [1.165, 1.54) is 0 Å². The van der Waals surface area contributed by atoms with Gasteiger partial charge in [-0.15, -0.1) is 6.58 Å². The number of hydrogen-bond acceptors (Lipinski definition) is 2. The van der Waals surface area contributed by atoms with Gasteiger partial charge in [0.2, 0.25) is 5.91 Å². The molecule has 0 unspecified atom stereocenters. The molecule has 1 aromatic carbocycles. The number of benzene rings is 1. The standard InChI is InChI=1S/C14H17NO3/c1-2-3-9-12(14(17)18)15-13(16)10-11-7-5-4-6-8-11/h2,4-8,12H,1,3,9-10H2,(H,15,16)(H,17,18)/t12-/m0/s1. The van der Waals surface area contributed by atoms with Gasteiger partial charge in [0, 0.05) is 0 Å². The summed E-state index contributed by atoms with van der Waals surface area (Å²) in [5, 5.41) is 11.5. The van der Waals surface area contributed by atoms with E-state index in [0.717, 1.165) is 5.56 Å². The summed E-state index contributed by atoms with van der Waals surface area (Å²) in [6, 6.07) is 8.37. The normalized spacial score (nSPS) is 11.6. The summed E-state index contributed by atoms with van der Waals surface area (Å²) in [4.78, 5) is 22.6. The highest BCUT2D eigenvalue weighted by Gasteiger charge is 2.18. The van der Waals surface area contributed by atoms with Crippen LogP contribution >= 0.6 is 0 Å². The minimum atomic E-state index is -1.02. The maximum Gasteiger partial charge on any atom is 0.326 e. The zero-order valence-electron chi connectivity index (χ0n) is 10.1. The molecule has 0 fully saturated rings. The van der Waals surface area contributed by atoms with Gasteiger partial charge < -0.3 is 10.4 Å². The fraction of sp³-hybridized carbons (Fsp3) is 0.286. The molecule has 0 spiro atoms.